The summed E-state index contributed by atoms with van der Waals surface area (Å²) in [7, 11) is -3.08. The molecule has 0 fully saturated rings. The van der Waals surface area contributed by atoms with E-state index in [1.54, 1.807) is 0 Å². The van der Waals surface area contributed by atoms with Gasteiger partial charge in [-0.2, -0.15) is 4.31 Å². The SMILES string of the molecule is CC(CO)N(C)S(=O)(=O)c1c(F)cc(F)cc1C#CCN. The van der Waals surface area contributed by atoms with Crippen molar-refractivity contribution in [3.63, 3.8) is 0 Å². The van der Waals surface area contributed by atoms with E-state index in [2.05, 4.69) is 11.8 Å². The summed E-state index contributed by atoms with van der Waals surface area (Å²) >= 11 is 0. The number of hydrogen-bond acceptors (Lipinski definition) is 4. The first-order valence-electron chi connectivity index (χ1n) is 6.02. The molecule has 0 aromatic heterocycles. The Kier molecular flexibility index (Phi) is 5.80. The molecule has 0 radical (unpaired) electrons. The van der Waals surface area contributed by atoms with Gasteiger partial charge in [0.1, 0.15) is 16.5 Å². The molecule has 0 aliphatic carbocycles. The normalized spacial score (nSPS) is 12.9. The lowest BCUT2D eigenvalue weighted by atomic mass is 10.2. The molecule has 1 unspecified atom stereocenters. The van der Waals surface area contributed by atoms with E-state index in [9.17, 15) is 17.2 Å². The second kappa shape index (κ2) is 6.95. The van der Waals surface area contributed by atoms with Crippen LogP contribution in [0.15, 0.2) is 17.0 Å². The summed E-state index contributed by atoms with van der Waals surface area (Å²) in [4.78, 5) is -0.729. The monoisotopic (exact) mass is 318 g/mol. The molecule has 0 aliphatic heterocycles. The first-order valence-corrected chi connectivity index (χ1v) is 7.46. The maximum absolute atomic E-state index is 14.0. The molecular weight excluding hydrogens is 302 g/mol. The minimum Gasteiger partial charge on any atom is -0.395 e. The van der Waals surface area contributed by atoms with Crippen molar-refractivity contribution in [3.05, 3.63) is 29.3 Å². The molecule has 0 aliphatic rings. The van der Waals surface area contributed by atoms with Gasteiger partial charge in [0, 0.05) is 19.2 Å². The zero-order chi connectivity index (χ0) is 16.2. The average molecular weight is 318 g/mol. The molecule has 3 N–H and O–H groups in total. The zero-order valence-electron chi connectivity index (χ0n) is 11.6. The number of likely N-dealkylation sites (N-methyl/N-ethyl adjacent to an activating group) is 1. The highest BCUT2D eigenvalue weighted by atomic mass is 32.2. The Bertz CT molecular complexity index is 681. The van der Waals surface area contributed by atoms with Crippen molar-refractivity contribution in [3.8, 4) is 11.8 Å². The van der Waals surface area contributed by atoms with Crippen LogP contribution in [-0.4, -0.2) is 44.1 Å². The van der Waals surface area contributed by atoms with Gasteiger partial charge >= 0.3 is 0 Å². The van der Waals surface area contributed by atoms with Crippen molar-refractivity contribution in [1.82, 2.24) is 4.31 Å². The van der Waals surface area contributed by atoms with Crippen molar-refractivity contribution in [1.29, 1.82) is 0 Å². The topological polar surface area (TPSA) is 83.6 Å². The fourth-order valence-corrected chi connectivity index (χ4v) is 3.08. The number of nitrogens with two attached hydrogens (primary N) is 1. The van der Waals surface area contributed by atoms with Crippen LogP contribution in [0.3, 0.4) is 0 Å². The molecule has 8 heteroatoms. The van der Waals surface area contributed by atoms with E-state index in [0.29, 0.717) is 6.07 Å². The van der Waals surface area contributed by atoms with Gasteiger partial charge in [-0.25, -0.2) is 17.2 Å². The van der Waals surface area contributed by atoms with Crippen LogP contribution in [0.4, 0.5) is 8.78 Å². The third-order valence-electron chi connectivity index (χ3n) is 2.86. The van der Waals surface area contributed by atoms with E-state index in [4.69, 9.17) is 10.8 Å². The van der Waals surface area contributed by atoms with E-state index in [-0.39, 0.29) is 12.1 Å². The van der Waals surface area contributed by atoms with Gasteiger partial charge in [-0.05, 0) is 13.0 Å². The van der Waals surface area contributed by atoms with E-state index < -0.39 is 39.2 Å². The van der Waals surface area contributed by atoms with Gasteiger partial charge in [-0.1, -0.05) is 11.8 Å². The molecule has 0 saturated carbocycles. The summed E-state index contributed by atoms with van der Waals surface area (Å²) in [6, 6.07) is 0.531. The smallest absolute Gasteiger partial charge is 0.247 e. The number of nitrogens with zero attached hydrogens (tertiary/aromatic N) is 1. The largest absolute Gasteiger partial charge is 0.395 e. The standard InChI is InChI=1S/C13H16F2N2O3S/c1-9(8-18)17(2)21(19,20)13-10(4-3-5-16)6-11(14)7-12(13)15/h6-7,9,18H,5,8,16H2,1-2H3. The maximum atomic E-state index is 14.0. The van der Waals surface area contributed by atoms with Crippen molar-refractivity contribution in [2.75, 3.05) is 20.2 Å². The van der Waals surface area contributed by atoms with Gasteiger partial charge in [0.05, 0.1) is 18.7 Å². The third kappa shape index (κ3) is 3.77. The minimum atomic E-state index is -4.27. The molecule has 1 aromatic rings. The molecule has 0 bridgehead atoms. The maximum Gasteiger partial charge on any atom is 0.247 e. The fraction of sp³-hybridized carbons (Fsp3) is 0.385. The van der Waals surface area contributed by atoms with Crippen molar-refractivity contribution < 1.29 is 22.3 Å². The van der Waals surface area contributed by atoms with E-state index in [1.807, 2.05) is 0 Å². The summed E-state index contributed by atoms with van der Waals surface area (Å²) in [5, 5.41) is 9.04. The van der Waals surface area contributed by atoms with Gasteiger partial charge in [-0.15, -0.1) is 0 Å². The number of benzene rings is 1. The molecule has 1 aromatic carbocycles. The van der Waals surface area contributed by atoms with Crippen LogP contribution < -0.4 is 5.73 Å². The molecule has 0 amide bonds. The van der Waals surface area contributed by atoms with Gasteiger partial charge in [0.25, 0.3) is 0 Å². The highest BCUT2D eigenvalue weighted by Gasteiger charge is 2.30. The summed E-state index contributed by atoms with van der Waals surface area (Å²) < 4.78 is 52.8. The molecule has 0 saturated heterocycles. The van der Waals surface area contributed by atoms with Crippen molar-refractivity contribution >= 4 is 10.0 Å². The first kappa shape index (κ1) is 17.5. The predicted octanol–water partition coefficient (Wildman–Crippen LogP) is 0.276. The van der Waals surface area contributed by atoms with Crippen LogP contribution in [0.25, 0.3) is 0 Å². The second-order valence-electron chi connectivity index (χ2n) is 4.32. The Balaban J connectivity index is 3.54. The van der Waals surface area contributed by atoms with Crippen LogP contribution in [0.1, 0.15) is 12.5 Å². The van der Waals surface area contributed by atoms with Crippen LogP contribution in [0.2, 0.25) is 0 Å². The van der Waals surface area contributed by atoms with Gasteiger partial charge in [0.2, 0.25) is 10.0 Å². The molecular formula is C13H16F2N2O3S. The van der Waals surface area contributed by atoms with Crippen molar-refractivity contribution in [2.45, 2.75) is 17.9 Å². The van der Waals surface area contributed by atoms with Gasteiger partial charge < -0.3 is 10.8 Å². The summed E-state index contributed by atoms with van der Waals surface area (Å²) in [6.07, 6.45) is 0. The number of aliphatic hydroxyl groups excluding tert-OH is 1. The van der Waals surface area contributed by atoms with Gasteiger partial charge in [-0.3, -0.25) is 0 Å². The van der Waals surface area contributed by atoms with E-state index in [1.165, 1.54) is 14.0 Å². The second-order valence-corrected chi connectivity index (χ2v) is 6.26. The average Bonchev–Trinajstić information content (AvgIpc) is 2.42. The highest BCUT2D eigenvalue weighted by Crippen LogP contribution is 2.24. The summed E-state index contributed by atoms with van der Waals surface area (Å²) in [5.74, 6) is 2.53. The minimum absolute atomic E-state index is 0.0828. The number of sulfonamides is 1. The lowest BCUT2D eigenvalue weighted by molar-refractivity contribution is 0.213. The quantitative estimate of drug-likeness (QED) is 0.781. The Morgan fingerprint density at radius 1 is 1.43 bits per heavy atom. The van der Waals surface area contributed by atoms with Crippen LogP contribution >= 0.6 is 0 Å². The van der Waals surface area contributed by atoms with Crippen LogP contribution in [0.5, 0.6) is 0 Å². The fourth-order valence-electron chi connectivity index (χ4n) is 1.56. The van der Waals surface area contributed by atoms with Crippen molar-refractivity contribution in [2.24, 2.45) is 5.73 Å². The first-order chi connectivity index (χ1) is 9.75. The van der Waals surface area contributed by atoms with Crippen LogP contribution in [-0.2, 0) is 10.0 Å². The lowest BCUT2D eigenvalue weighted by Gasteiger charge is -2.23. The molecule has 1 atom stereocenters. The van der Waals surface area contributed by atoms with E-state index in [0.717, 1.165) is 10.4 Å². The molecule has 5 nitrogen and oxygen atoms in total. The number of aliphatic hydroxyl groups is 1. The molecule has 21 heavy (non-hydrogen) atoms. The molecule has 1 rings (SSSR count). The van der Waals surface area contributed by atoms with Gasteiger partial charge in [0.15, 0.2) is 0 Å². The third-order valence-corrected chi connectivity index (χ3v) is 4.90. The van der Waals surface area contributed by atoms with E-state index >= 15 is 0 Å². The number of rotatable bonds is 4. The Morgan fingerprint density at radius 3 is 2.57 bits per heavy atom. The summed E-state index contributed by atoms with van der Waals surface area (Å²) in [6.45, 7) is 0.924. The van der Waals surface area contributed by atoms with Crippen LogP contribution in [0, 0.1) is 23.5 Å². The zero-order valence-corrected chi connectivity index (χ0v) is 12.4. The lowest BCUT2D eigenvalue weighted by Crippen LogP contribution is -2.38. The molecule has 116 valence electrons. The number of hydrogen-bond donors (Lipinski definition) is 2. The summed E-state index contributed by atoms with van der Waals surface area (Å²) in [5.41, 5.74) is 4.88. The Morgan fingerprint density at radius 2 is 2.05 bits per heavy atom. The predicted molar refractivity (Wildman–Crippen MR) is 73.8 cm³/mol. The number of halogens is 2. The Labute approximate surface area is 122 Å². The Hall–Kier alpha value is -1.53. The molecule has 0 spiro atoms. The molecule has 0 heterocycles. The highest BCUT2D eigenvalue weighted by molar-refractivity contribution is 7.89.